The van der Waals surface area contributed by atoms with E-state index in [0.717, 1.165) is 5.56 Å². The van der Waals surface area contributed by atoms with E-state index in [9.17, 15) is 53.1 Å². The van der Waals surface area contributed by atoms with Crippen LogP contribution in [0.15, 0.2) is 134 Å². The standard InChI is InChI=1S/C77H108N20O13/c1-44(2)34-59(92-73(107)61(38-49-24-13-8-14-25-49)96-76(110)65(46(5)98)97-70(104)55(28-17-18-32-78)88-67(101)53(79)36-47-20-9-6-10-21-47)71(105)90-57(30-31-64(80)99)69(103)94-62(39-50-41-86-54-27-16-15-26-52(50)54)74(108)93-60(35-45(3)4)72(106)95-63(40-51-42-84-43-87-51)75(109)89-56(29-19-33-85-77(82)83)68(102)91-58(66(81)100)37-48-22-11-7-12-23-48/h6-16,20-27,41-46,53,55-63,65,86,98H,17-19,28-40,78-79H2,1-5H3,(H2,80,99)(H2,81,100)(H,84,87)(H,88,101)(H,89,109)(H,90,105)(H,91,102)(H,92,107)(H,93,108)(H,94,103)(H,95,106)(H,96,110)(H,97,104)(H4,82,83,85)/t46-,53+,55+,56+,57+,58+,59+,60+,61+,62+,63+,65+/m1/s1. The number of rotatable bonds is 47. The Balaban J connectivity index is 1.26. The van der Waals surface area contributed by atoms with Crippen LogP contribution in [0.25, 0.3) is 10.9 Å². The second-order valence-electron chi connectivity index (χ2n) is 28.2. The van der Waals surface area contributed by atoms with Crippen LogP contribution in [0.4, 0.5) is 0 Å². The Labute approximate surface area is 639 Å². The molecule has 0 bridgehead atoms. The van der Waals surface area contributed by atoms with Gasteiger partial charge in [-0.05, 0) is 111 Å². The van der Waals surface area contributed by atoms with E-state index in [2.05, 4.69) is 73.4 Å². The molecule has 33 nitrogen and oxygen atoms in total. The fourth-order valence-electron chi connectivity index (χ4n) is 12.3. The van der Waals surface area contributed by atoms with Crippen LogP contribution in [0.1, 0.15) is 120 Å². The molecule has 594 valence electrons. The van der Waals surface area contributed by atoms with E-state index in [0.29, 0.717) is 46.1 Å². The Morgan fingerprint density at radius 1 is 0.455 bits per heavy atom. The molecule has 2 aromatic heterocycles. The first-order valence-electron chi connectivity index (χ1n) is 37.0. The number of imidazole rings is 1. The number of nitrogens with two attached hydrogens (primary N) is 5. The molecule has 12 atom stereocenters. The molecule has 0 fully saturated rings. The number of amides is 12. The van der Waals surface area contributed by atoms with Crippen molar-refractivity contribution in [3.63, 3.8) is 0 Å². The molecule has 110 heavy (non-hydrogen) atoms. The van der Waals surface area contributed by atoms with Crippen LogP contribution < -0.4 is 87.2 Å². The number of aromatic amines is 2. The first-order valence-corrected chi connectivity index (χ1v) is 37.0. The average Bonchev–Trinajstić information content (AvgIpc) is 1.62. The van der Waals surface area contributed by atoms with E-state index in [1.165, 1.54) is 19.4 Å². The maximum atomic E-state index is 15.2. The molecule has 0 aliphatic heterocycles. The van der Waals surface area contributed by atoms with Crippen molar-refractivity contribution in [1.29, 1.82) is 5.41 Å². The zero-order valence-electron chi connectivity index (χ0n) is 62.8. The predicted octanol–water partition coefficient (Wildman–Crippen LogP) is -0.804. The van der Waals surface area contributed by atoms with Crippen molar-refractivity contribution in [3.8, 4) is 0 Å². The molecule has 2 heterocycles. The first kappa shape index (κ1) is 87.3. The summed E-state index contributed by atoms with van der Waals surface area (Å²) < 4.78 is 0. The van der Waals surface area contributed by atoms with Gasteiger partial charge in [0.25, 0.3) is 0 Å². The maximum Gasteiger partial charge on any atom is 0.245 e. The molecule has 0 aliphatic rings. The van der Waals surface area contributed by atoms with Crippen molar-refractivity contribution in [1.82, 2.24) is 73.4 Å². The van der Waals surface area contributed by atoms with E-state index in [1.807, 2.05) is 6.07 Å². The van der Waals surface area contributed by atoms with Crippen LogP contribution >= 0.6 is 0 Å². The number of H-pyrrole nitrogens is 2. The van der Waals surface area contributed by atoms with Crippen molar-refractivity contribution in [2.45, 2.75) is 197 Å². The largest absolute Gasteiger partial charge is 0.391 e. The maximum absolute atomic E-state index is 15.2. The molecular weight excluding hydrogens is 1410 g/mol. The van der Waals surface area contributed by atoms with Crippen LogP contribution in [-0.2, 0) is 89.6 Å². The van der Waals surface area contributed by atoms with Gasteiger partial charge in [-0.15, -0.1) is 0 Å². The van der Waals surface area contributed by atoms with E-state index in [-0.39, 0.29) is 95.1 Å². The Hall–Kier alpha value is -11.6. The normalized spacial score (nSPS) is 14.5. The van der Waals surface area contributed by atoms with Gasteiger partial charge in [0, 0.05) is 67.6 Å². The molecule has 4 aromatic carbocycles. The van der Waals surface area contributed by atoms with Gasteiger partial charge in [0.1, 0.15) is 60.4 Å². The summed E-state index contributed by atoms with van der Waals surface area (Å²) in [6.07, 6.45) is 2.46. The lowest BCUT2D eigenvalue weighted by atomic mass is 9.99. The summed E-state index contributed by atoms with van der Waals surface area (Å²) in [5, 5.41) is 49.0. The Bertz CT molecular complexity index is 4010. The number of para-hydroxylation sites is 1. The van der Waals surface area contributed by atoms with E-state index in [1.54, 1.807) is 143 Å². The zero-order chi connectivity index (χ0) is 80.4. The summed E-state index contributed by atoms with van der Waals surface area (Å²) in [6, 6.07) is 17.8. The van der Waals surface area contributed by atoms with Gasteiger partial charge in [-0.3, -0.25) is 62.9 Å². The van der Waals surface area contributed by atoms with Gasteiger partial charge in [0.05, 0.1) is 18.5 Å². The zero-order valence-corrected chi connectivity index (χ0v) is 62.8. The molecule has 12 amide bonds. The Morgan fingerprint density at radius 2 is 0.873 bits per heavy atom. The second-order valence-corrected chi connectivity index (χ2v) is 28.2. The van der Waals surface area contributed by atoms with Crippen LogP contribution in [0.5, 0.6) is 0 Å². The summed E-state index contributed by atoms with van der Waals surface area (Å²) in [4.78, 5) is 181. The molecule has 25 N–H and O–H groups in total. The van der Waals surface area contributed by atoms with Crippen LogP contribution in [-0.4, -0.2) is 183 Å². The Morgan fingerprint density at radius 3 is 1.36 bits per heavy atom. The number of primary amides is 2. The number of hydrogen-bond acceptors (Lipinski definition) is 17. The number of benzene rings is 4. The van der Waals surface area contributed by atoms with Crippen molar-refractivity contribution >= 4 is 87.7 Å². The lowest BCUT2D eigenvalue weighted by Crippen LogP contribution is -2.62. The molecule has 0 aliphatic carbocycles. The predicted molar refractivity (Wildman–Crippen MR) is 412 cm³/mol. The Kier molecular flexibility index (Phi) is 35.5. The third-order valence-electron chi connectivity index (χ3n) is 18.1. The number of guanidine groups is 1. The van der Waals surface area contributed by atoms with Gasteiger partial charge in [0.2, 0.25) is 70.9 Å². The van der Waals surface area contributed by atoms with Gasteiger partial charge in [-0.1, -0.05) is 137 Å². The molecular formula is C77H108N20O13. The number of aromatic nitrogens is 3. The number of aliphatic hydroxyl groups excluding tert-OH is 1. The number of unbranched alkanes of at least 4 members (excludes halogenated alkanes) is 1. The minimum absolute atomic E-state index is 0.0235. The first-order chi connectivity index (χ1) is 52.5. The average molecular weight is 1520 g/mol. The van der Waals surface area contributed by atoms with E-state index < -0.39 is 156 Å². The third-order valence-corrected chi connectivity index (χ3v) is 18.1. The summed E-state index contributed by atoms with van der Waals surface area (Å²) in [7, 11) is 0. The molecule has 0 spiro atoms. The van der Waals surface area contributed by atoms with Crippen molar-refractivity contribution in [3.05, 3.63) is 162 Å². The minimum Gasteiger partial charge on any atom is -0.391 e. The van der Waals surface area contributed by atoms with Gasteiger partial charge in [-0.25, -0.2) is 4.98 Å². The number of aliphatic hydroxyl groups is 1. The van der Waals surface area contributed by atoms with Gasteiger partial charge in [0.15, 0.2) is 5.96 Å². The highest BCUT2D eigenvalue weighted by Gasteiger charge is 2.38. The highest BCUT2D eigenvalue weighted by atomic mass is 16.3. The number of carbonyl (C=O) groups is 12. The van der Waals surface area contributed by atoms with Crippen LogP contribution in [0.3, 0.4) is 0 Å². The highest BCUT2D eigenvalue weighted by Crippen LogP contribution is 2.21. The molecule has 33 heteroatoms. The lowest BCUT2D eigenvalue weighted by molar-refractivity contribution is -0.137. The van der Waals surface area contributed by atoms with E-state index in [4.69, 9.17) is 34.1 Å². The SMILES string of the molecule is CC(C)C[C@H](NC(=O)[C@H](Cc1c[nH]c2ccccc12)NC(=O)[C@H](CCC(N)=O)NC(=O)[C@H](CC(C)C)NC(=O)[C@H](Cc1ccccc1)NC(=O)[C@@H](NC(=O)[C@H](CCCCN)NC(=O)[C@@H](N)Cc1ccccc1)[C@@H](C)O)C(=O)N[C@@H](Cc1cnc[nH]1)C(=O)N[C@@H](CCCNC(=N)N)C(=O)N[C@@H](Cc1ccccc1)C(N)=O. The summed E-state index contributed by atoms with van der Waals surface area (Å²) in [6.45, 7) is 8.73. The lowest BCUT2D eigenvalue weighted by Gasteiger charge is -2.29. The number of nitrogens with one attached hydrogen (secondary N) is 14. The van der Waals surface area contributed by atoms with Crippen molar-refractivity contribution in [2.24, 2.45) is 40.5 Å². The molecule has 0 saturated heterocycles. The monoisotopic (exact) mass is 1520 g/mol. The number of fused-ring (bicyclic) bond motifs is 1. The molecule has 0 radical (unpaired) electrons. The van der Waals surface area contributed by atoms with Gasteiger partial charge >= 0.3 is 0 Å². The topological polar surface area (TPSA) is 556 Å². The number of hydrogen-bond donors (Lipinski definition) is 20. The molecule has 0 saturated carbocycles. The second kappa shape index (κ2) is 44.7. The highest BCUT2D eigenvalue weighted by molar-refractivity contribution is 6.00. The fourth-order valence-corrected chi connectivity index (χ4v) is 12.3. The van der Waals surface area contributed by atoms with E-state index >= 15 is 9.59 Å². The van der Waals surface area contributed by atoms with Crippen LogP contribution in [0, 0.1) is 17.2 Å². The van der Waals surface area contributed by atoms with Crippen molar-refractivity contribution < 1.29 is 62.6 Å². The van der Waals surface area contributed by atoms with Crippen LogP contribution in [0.2, 0.25) is 0 Å². The summed E-state index contributed by atoms with van der Waals surface area (Å²) in [5.41, 5.74) is 32.6. The smallest absolute Gasteiger partial charge is 0.245 e. The van der Waals surface area contributed by atoms with Crippen molar-refractivity contribution in [2.75, 3.05) is 13.1 Å². The van der Waals surface area contributed by atoms with Gasteiger partial charge in [-0.2, -0.15) is 0 Å². The summed E-state index contributed by atoms with van der Waals surface area (Å²) in [5.74, 6) is -11.4. The summed E-state index contributed by atoms with van der Waals surface area (Å²) >= 11 is 0. The van der Waals surface area contributed by atoms with Gasteiger partial charge < -0.3 is 102 Å². The quantitative estimate of drug-likeness (QED) is 0.0126. The fraction of sp³-hybridized carbons (Fsp3) is 0.455. The molecule has 6 aromatic rings. The molecule has 6 rings (SSSR count). The number of carbonyl (C=O) groups excluding carboxylic acids is 12. The third kappa shape index (κ3) is 29.5. The number of nitrogens with zero attached hydrogens (tertiary/aromatic N) is 1. The molecule has 0 unspecified atom stereocenters. The minimum atomic E-state index is -1.71.